The van der Waals surface area contributed by atoms with Crippen LogP contribution in [0.4, 0.5) is 10.2 Å². The van der Waals surface area contributed by atoms with Gasteiger partial charge in [0.15, 0.2) is 0 Å². The number of hydrogen-bond acceptors (Lipinski definition) is 5. The van der Waals surface area contributed by atoms with Crippen molar-refractivity contribution in [3.8, 4) is 11.3 Å². The van der Waals surface area contributed by atoms with E-state index in [1.54, 1.807) is 23.1 Å². The number of halogens is 1. The number of carboxylic acids is 2. The number of nitrogens with one attached hydrogen (secondary N) is 1. The smallest absolute Gasteiger partial charge is 0.339 e. The molecule has 8 heteroatoms. The first kappa shape index (κ1) is 16.8. The van der Waals surface area contributed by atoms with Gasteiger partial charge in [0.25, 0.3) is 0 Å². The number of carboxylic acid groups (broad SMARTS) is 2. The lowest BCUT2D eigenvalue weighted by Crippen LogP contribution is -2.54. The van der Waals surface area contributed by atoms with Crippen LogP contribution in [0.1, 0.15) is 10.4 Å². The molecule has 1 aliphatic heterocycles. The molecule has 0 radical (unpaired) electrons. The van der Waals surface area contributed by atoms with E-state index in [0.29, 0.717) is 24.3 Å². The van der Waals surface area contributed by atoms with Crippen LogP contribution in [0.25, 0.3) is 11.3 Å². The molecule has 25 heavy (non-hydrogen) atoms. The zero-order valence-corrected chi connectivity index (χ0v) is 13.1. The molecule has 130 valence electrons. The van der Waals surface area contributed by atoms with E-state index in [-0.39, 0.29) is 23.7 Å². The molecule has 1 aromatic heterocycles. The van der Waals surface area contributed by atoms with Gasteiger partial charge >= 0.3 is 11.9 Å². The molecule has 3 rings (SSSR count). The average Bonchev–Trinajstić information content (AvgIpc) is 2.62. The van der Waals surface area contributed by atoms with E-state index in [1.807, 2.05) is 0 Å². The number of aromatic nitrogens is 1. The Balaban J connectivity index is 2.00. The van der Waals surface area contributed by atoms with Crippen LogP contribution in [0, 0.1) is 5.82 Å². The van der Waals surface area contributed by atoms with E-state index in [4.69, 9.17) is 0 Å². The minimum atomic E-state index is -1.14. The number of nitrogens with zero attached hydrogens (tertiary/aromatic N) is 2. The molecule has 0 spiro atoms. The van der Waals surface area contributed by atoms with E-state index in [9.17, 15) is 24.2 Å². The second kappa shape index (κ2) is 6.86. The van der Waals surface area contributed by atoms with E-state index in [2.05, 4.69) is 10.3 Å². The Hall–Kier alpha value is -3.00. The summed E-state index contributed by atoms with van der Waals surface area (Å²) in [5, 5.41) is 21.5. The predicted molar refractivity (Wildman–Crippen MR) is 88.2 cm³/mol. The summed E-state index contributed by atoms with van der Waals surface area (Å²) in [5.74, 6) is -2.31. The van der Waals surface area contributed by atoms with Gasteiger partial charge in [-0.25, -0.2) is 14.2 Å². The van der Waals surface area contributed by atoms with Crippen LogP contribution in [0.15, 0.2) is 36.4 Å². The summed E-state index contributed by atoms with van der Waals surface area (Å²) in [6.45, 7) is 0.942. The first-order valence-corrected chi connectivity index (χ1v) is 7.67. The molecule has 1 saturated heterocycles. The fourth-order valence-electron chi connectivity index (χ4n) is 2.75. The van der Waals surface area contributed by atoms with Gasteiger partial charge in [-0.05, 0) is 36.4 Å². The highest BCUT2D eigenvalue weighted by atomic mass is 19.1. The SMILES string of the molecule is O=C(O)c1ccc(-c2ccc(F)cc2)nc1N1CCNC(C(=O)O)C1. The van der Waals surface area contributed by atoms with Crippen molar-refractivity contribution in [2.75, 3.05) is 24.5 Å². The summed E-state index contributed by atoms with van der Waals surface area (Å²) < 4.78 is 13.1. The van der Waals surface area contributed by atoms with Crippen molar-refractivity contribution >= 4 is 17.8 Å². The Bertz CT molecular complexity index is 810. The lowest BCUT2D eigenvalue weighted by Gasteiger charge is -2.33. The maximum Gasteiger partial charge on any atom is 0.339 e. The quantitative estimate of drug-likeness (QED) is 0.771. The average molecular weight is 345 g/mol. The normalized spacial score (nSPS) is 17.3. The van der Waals surface area contributed by atoms with Crippen molar-refractivity contribution in [3.05, 3.63) is 47.8 Å². The molecule has 1 atom stereocenters. The summed E-state index contributed by atoms with van der Waals surface area (Å²) in [4.78, 5) is 28.8. The van der Waals surface area contributed by atoms with Crippen LogP contribution < -0.4 is 10.2 Å². The third-order valence-electron chi connectivity index (χ3n) is 4.02. The van der Waals surface area contributed by atoms with E-state index >= 15 is 0 Å². The molecule has 7 nitrogen and oxygen atoms in total. The minimum Gasteiger partial charge on any atom is -0.480 e. The number of aliphatic carboxylic acids is 1. The lowest BCUT2D eigenvalue weighted by molar-refractivity contribution is -0.139. The molecule has 1 unspecified atom stereocenters. The molecule has 0 amide bonds. The van der Waals surface area contributed by atoms with E-state index in [1.165, 1.54) is 18.2 Å². The number of piperazine rings is 1. The highest BCUT2D eigenvalue weighted by Gasteiger charge is 2.28. The number of pyridine rings is 1. The molecule has 0 saturated carbocycles. The number of hydrogen-bond donors (Lipinski definition) is 3. The number of benzene rings is 1. The van der Waals surface area contributed by atoms with Crippen molar-refractivity contribution < 1.29 is 24.2 Å². The Morgan fingerprint density at radius 2 is 1.88 bits per heavy atom. The van der Waals surface area contributed by atoms with Gasteiger partial charge in [0, 0.05) is 25.2 Å². The molecule has 0 bridgehead atoms. The van der Waals surface area contributed by atoms with Crippen molar-refractivity contribution in [1.82, 2.24) is 10.3 Å². The maximum atomic E-state index is 13.1. The van der Waals surface area contributed by atoms with Crippen LogP contribution in [0.5, 0.6) is 0 Å². The van der Waals surface area contributed by atoms with Crippen LogP contribution in [0.2, 0.25) is 0 Å². The second-order valence-corrected chi connectivity index (χ2v) is 5.67. The van der Waals surface area contributed by atoms with Gasteiger partial charge in [-0.1, -0.05) is 0 Å². The largest absolute Gasteiger partial charge is 0.480 e. The van der Waals surface area contributed by atoms with Crippen LogP contribution in [-0.2, 0) is 4.79 Å². The summed E-state index contributed by atoms with van der Waals surface area (Å²) in [7, 11) is 0. The van der Waals surface area contributed by atoms with Gasteiger partial charge in [0.1, 0.15) is 23.2 Å². The topological polar surface area (TPSA) is 103 Å². The molecular formula is C17H16FN3O4. The fraction of sp³-hybridized carbons (Fsp3) is 0.235. The first-order valence-electron chi connectivity index (χ1n) is 7.67. The van der Waals surface area contributed by atoms with Crippen molar-refractivity contribution in [3.63, 3.8) is 0 Å². The second-order valence-electron chi connectivity index (χ2n) is 5.67. The maximum absolute atomic E-state index is 13.1. The molecular weight excluding hydrogens is 329 g/mol. The highest BCUT2D eigenvalue weighted by Crippen LogP contribution is 2.25. The fourth-order valence-corrected chi connectivity index (χ4v) is 2.75. The molecule has 0 aliphatic carbocycles. The third-order valence-corrected chi connectivity index (χ3v) is 4.02. The Kier molecular flexibility index (Phi) is 4.62. The zero-order chi connectivity index (χ0) is 18.0. The Labute approximate surface area is 142 Å². The molecule has 3 N–H and O–H groups in total. The monoisotopic (exact) mass is 345 g/mol. The van der Waals surface area contributed by atoms with Gasteiger partial charge in [-0.15, -0.1) is 0 Å². The van der Waals surface area contributed by atoms with Crippen molar-refractivity contribution in [2.45, 2.75) is 6.04 Å². The third kappa shape index (κ3) is 3.58. The number of rotatable bonds is 4. The zero-order valence-electron chi connectivity index (χ0n) is 13.1. The Morgan fingerprint density at radius 3 is 2.52 bits per heavy atom. The van der Waals surface area contributed by atoms with Crippen LogP contribution >= 0.6 is 0 Å². The van der Waals surface area contributed by atoms with Gasteiger partial charge in [-0.3, -0.25) is 4.79 Å². The van der Waals surface area contributed by atoms with Gasteiger partial charge in [0.2, 0.25) is 0 Å². The molecule has 1 aliphatic rings. The van der Waals surface area contributed by atoms with Crippen LogP contribution in [-0.4, -0.2) is 52.8 Å². The van der Waals surface area contributed by atoms with Gasteiger partial charge in [0.05, 0.1) is 5.69 Å². The first-order chi connectivity index (χ1) is 12.0. The summed E-state index contributed by atoms with van der Waals surface area (Å²) >= 11 is 0. The number of anilines is 1. The molecule has 1 fully saturated rings. The van der Waals surface area contributed by atoms with Gasteiger partial charge in [-0.2, -0.15) is 0 Å². The number of aromatic carboxylic acids is 1. The van der Waals surface area contributed by atoms with Crippen molar-refractivity contribution in [1.29, 1.82) is 0 Å². The standard InChI is InChI=1S/C17H16FN3O4/c18-11-3-1-10(2-4-11)13-6-5-12(16(22)23)15(20-13)21-8-7-19-14(9-21)17(24)25/h1-6,14,19H,7-9H2,(H,22,23)(H,24,25). The summed E-state index contributed by atoms with van der Waals surface area (Å²) in [6, 6.07) is 7.89. The molecule has 1 aromatic carbocycles. The minimum absolute atomic E-state index is 0.00287. The van der Waals surface area contributed by atoms with E-state index < -0.39 is 18.0 Å². The predicted octanol–water partition coefficient (Wildman–Crippen LogP) is 1.45. The summed E-state index contributed by atoms with van der Waals surface area (Å²) in [6.07, 6.45) is 0. The Morgan fingerprint density at radius 1 is 1.16 bits per heavy atom. The van der Waals surface area contributed by atoms with E-state index in [0.717, 1.165) is 0 Å². The lowest BCUT2D eigenvalue weighted by atomic mass is 10.1. The summed E-state index contributed by atoms with van der Waals surface area (Å²) in [5.41, 5.74) is 1.13. The highest BCUT2D eigenvalue weighted by molar-refractivity contribution is 5.94. The number of carbonyl (C=O) groups is 2. The van der Waals surface area contributed by atoms with Crippen molar-refractivity contribution in [2.24, 2.45) is 0 Å². The van der Waals surface area contributed by atoms with Crippen LogP contribution in [0.3, 0.4) is 0 Å². The molecule has 2 heterocycles. The van der Waals surface area contributed by atoms with Gasteiger partial charge < -0.3 is 20.4 Å². The molecule has 2 aromatic rings.